The Labute approximate surface area is 66.0 Å². The van der Waals surface area contributed by atoms with Crippen molar-refractivity contribution in [2.45, 2.75) is 6.42 Å². The van der Waals surface area contributed by atoms with Crippen molar-refractivity contribution in [1.82, 2.24) is 9.88 Å². The number of likely N-dealkylation sites (N-methyl/N-ethyl adjacent to an activating group) is 1. The number of hydrogen-bond acceptors (Lipinski definition) is 4. The fourth-order valence-corrected chi connectivity index (χ4v) is 0.772. The van der Waals surface area contributed by atoms with E-state index in [0.717, 1.165) is 18.7 Å². The molecule has 0 spiro atoms. The van der Waals surface area contributed by atoms with Gasteiger partial charge in [-0.2, -0.15) is 0 Å². The number of nitrogen functional groups attached to an aromatic ring is 1. The normalized spacial score (nSPS) is 10.8. The molecule has 0 aliphatic carbocycles. The van der Waals surface area contributed by atoms with Gasteiger partial charge in [0.2, 0.25) is 0 Å². The molecule has 0 unspecified atom stereocenters. The van der Waals surface area contributed by atoms with Crippen LogP contribution >= 0.6 is 0 Å². The first kappa shape index (κ1) is 8.07. The van der Waals surface area contributed by atoms with E-state index in [1.54, 1.807) is 6.20 Å². The third-order valence-electron chi connectivity index (χ3n) is 1.38. The number of anilines is 1. The molecule has 0 fully saturated rings. The van der Waals surface area contributed by atoms with Gasteiger partial charge in [0.15, 0.2) is 0 Å². The summed E-state index contributed by atoms with van der Waals surface area (Å²) in [6.45, 7) is 0.953. The second-order valence-electron chi connectivity index (χ2n) is 2.72. The van der Waals surface area contributed by atoms with Crippen LogP contribution in [0.5, 0.6) is 0 Å². The van der Waals surface area contributed by atoms with Crippen molar-refractivity contribution in [1.29, 1.82) is 0 Å². The van der Waals surface area contributed by atoms with Crippen LogP contribution < -0.4 is 5.73 Å². The molecule has 0 saturated heterocycles. The minimum atomic E-state index is 0.249. The third-order valence-corrected chi connectivity index (χ3v) is 1.38. The second-order valence-corrected chi connectivity index (χ2v) is 2.72. The highest BCUT2D eigenvalue weighted by Crippen LogP contribution is 2.04. The molecule has 11 heavy (non-hydrogen) atoms. The summed E-state index contributed by atoms with van der Waals surface area (Å²) in [7, 11) is 4.03. The van der Waals surface area contributed by atoms with Crippen LogP contribution in [0.3, 0.4) is 0 Å². The predicted octanol–water partition coefficient (Wildman–Crippen LogP) is 0.361. The third kappa shape index (κ3) is 2.59. The molecule has 0 aromatic carbocycles. The van der Waals surface area contributed by atoms with E-state index in [-0.39, 0.29) is 6.01 Å². The average molecular weight is 155 g/mol. The molecule has 2 N–H and O–H groups in total. The monoisotopic (exact) mass is 155 g/mol. The van der Waals surface area contributed by atoms with Gasteiger partial charge in [-0.05, 0) is 14.1 Å². The molecule has 0 atom stereocenters. The Morgan fingerprint density at radius 1 is 1.64 bits per heavy atom. The topological polar surface area (TPSA) is 55.3 Å². The largest absolute Gasteiger partial charge is 0.429 e. The fourth-order valence-electron chi connectivity index (χ4n) is 0.772. The highest BCUT2D eigenvalue weighted by atomic mass is 16.4. The lowest BCUT2D eigenvalue weighted by Gasteiger charge is -2.05. The lowest BCUT2D eigenvalue weighted by Crippen LogP contribution is -2.14. The zero-order valence-electron chi connectivity index (χ0n) is 6.87. The Bertz CT molecular complexity index is 219. The van der Waals surface area contributed by atoms with Crippen LogP contribution in [-0.4, -0.2) is 30.5 Å². The quantitative estimate of drug-likeness (QED) is 0.684. The molecule has 62 valence electrons. The molecule has 0 amide bonds. The fraction of sp³-hybridized carbons (Fsp3) is 0.571. The lowest BCUT2D eigenvalue weighted by molar-refractivity contribution is 0.392. The van der Waals surface area contributed by atoms with Crippen molar-refractivity contribution >= 4 is 6.01 Å². The van der Waals surface area contributed by atoms with Crippen LogP contribution in [0.15, 0.2) is 10.6 Å². The van der Waals surface area contributed by atoms with E-state index < -0.39 is 0 Å². The Morgan fingerprint density at radius 3 is 2.82 bits per heavy atom. The van der Waals surface area contributed by atoms with Crippen LogP contribution in [0, 0.1) is 0 Å². The first-order chi connectivity index (χ1) is 5.18. The molecule has 0 bridgehead atoms. The highest BCUT2D eigenvalue weighted by Gasteiger charge is 1.99. The van der Waals surface area contributed by atoms with Crippen LogP contribution in [0.4, 0.5) is 6.01 Å². The van der Waals surface area contributed by atoms with Gasteiger partial charge in [0.05, 0.1) is 6.20 Å². The molecule has 1 aromatic rings. The van der Waals surface area contributed by atoms with E-state index in [4.69, 9.17) is 10.2 Å². The Kier molecular flexibility index (Phi) is 2.48. The van der Waals surface area contributed by atoms with Gasteiger partial charge in [-0.25, -0.2) is 4.98 Å². The van der Waals surface area contributed by atoms with Crippen molar-refractivity contribution in [2.24, 2.45) is 0 Å². The Hall–Kier alpha value is -1.03. The van der Waals surface area contributed by atoms with Crippen LogP contribution in [0.25, 0.3) is 0 Å². The average Bonchev–Trinajstić information content (AvgIpc) is 2.31. The van der Waals surface area contributed by atoms with Crippen LogP contribution in [0.1, 0.15) is 5.76 Å². The molecule has 1 aromatic heterocycles. The maximum atomic E-state index is 5.29. The summed E-state index contributed by atoms with van der Waals surface area (Å²) in [5, 5.41) is 0. The summed E-state index contributed by atoms with van der Waals surface area (Å²) >= 11 is 0. The second kappa shape index (κ2) is 3.39. The highest BCUT2D eigenvalue weighted by molar-refractivity contribution is 5.10. The zero-order chi connectivity index (χ0) is 8.27. The minimum absolute atomic E-state index is 0.249. The smallest absolute Gasteiger partial charge is 0.292 e. The molecule has 1 heterocycles. The standard InChI is InChI=1S/C7H13N3O/c1-10(2)4-3-6-5-9-7(8)11-6/h5H,3-4H2,1-2H3,(H2,8,9). The van der Waals surface area contributed by atoms with E-state index in [2.05, 4.69) is 9.88 Å². The number of hydrogen-bond donors (Lipinski definition) is 1. The van der Waals surface area contributed by atoms with E-state index >= 15 is 0 Å². The number of rotatable bonds is 3. The van der Waals surface area contributed by atoms with Crippen molar-refractivity contribution < 1.29 is 4.42 Å². The lowest BCUT2D eigenvalue weighted by atomic mass is 10.3. The van der Waals surface area contributed by atoms with Gasteiger partial charge in [-0.15, -0.1) is 0 Å². The molecular formula is C7H13N3O. The number of nitrogens with zero attached hydrogens (tertiary/aromatic N) is 2. The summed E-state index contributed by atoms with van der Waals surface area (Å²) in [4.78, 5) is 5.87. The summed E-state index contributed by atoms with van der Waals surface area (Å²) in [5.74, 6) is 0.844. The number of nitrogens with two attached hydrogens (primary N) is 1. The summed E-state index contributed by atoms with van der Waals surface area (Å²) in [5.41, 5.74) is 5.29. The van der Waals surface area contributed by atoms with Gasteiger partial charge in [0, 0.05) is 13.0 Å². The SMILES string of the molecule is CN(C)CCc1cnc(N)o1. The minimum Gasteiger partial charge on any atom is -0.429 e. The Balaban J connectivity index is 2.39. The van der Waals surface area contributed by atoms with Gasteiger partial charge in [-0.3, -0.25) is 0 Å². The van der Waals surface area contributed by atoms with Gasteiger partial charge in [0.1, 0.15) is 5.76 Å². The molecule has 0 aliphatic heterocycles. The maximum Gasteiger partial charge on any atom is 0.292 e. The van der Waals surface area contributed by atoms with Crippen molar-refractivity contribution in [3.8, 4) is 0 Å². The number of oxazole rings is 1. The molecule has 0 saturated carbocycles. The van der Waals surface area contributed by atoms with E-state index in [1.165, 1.54) is 0 Å². The van der Waals surface area contributed by atoms with Crippen LogP contribution in [-0.2, 0) is 6.42 Å². The zero-order valence-corrected chi connectivity index (χ0v) is 6.87. The summed E-state index contributed by atoms with van der Waals surface area (Å²) in [6, 6.07) is 0.249. The van der Waals surface area contributed by atoms with Crippen LogP contribution in [0.2, 0.25) is 0 Å². The van der Waals surface area contributed by atoms with Gasteiger partial charge in [0.25, 0.3) is 6.01 Å². The van der Waals surface area contributed by atoms with Gasteiger partial charge < -0.3 is 15.1 Å². The van der Waals surface area contributed by atoms with E-state index in [9.17, 15) is 0 Å². The maximum absolute atomic E-state index is 5.29. The summed E-state index contributed by atoms with van der Waals surface area (Å²) in [6.07, 6.45) is 2.52. The summed E-state index contributed by atoms with van der Waals surface area (Å²) < 4.78 is 5.07. The van der Waals surface area contributed by atoms with Crippen molar-refractivity contribution in [2.75, 3.05) is 26.4 Å². The van der Waals surface area contributed by atoms with Crippen molar-refractivity contribution in [3.63, 3.8) is 0 Å². The van der Waals surface area contributed by atoms with Crippen molar-refractivity contribution in [3.05, 3.63) is 12.0 Å². The van der Waals surface area contributed by atoms with Gasteiger partial charge >= 0.3 is 0 Å². The molecule has 4 heteroatoms. The van der Waals surface area contributed by atoms with E-state index in [0.29, 0.717) is 0 Å². The van der Waals surface area contributed by atoms with E-state index in [1.807, 2.05) is 14.1 Å². The predicted molar refractivity (Wildman–Crippen MR) is 43.2 cm³/mol. The number of aromatic nitrogens is 1. The molecular weight excluding hydrogens is 142 g/mol. The Morgan fingerprint density at radius 2 is 2.36 bits per heavy atom. The first-order valence-electron chi connectivity index (χ1n) is 3.53. The molecule has 0 radical (unpaired) electrons. The first-order valence-corrected chi connectivity index (χ1v) is 3.53. The van der Waals surface area contributed by atoms with Gasteiger partial charge in [-0.1, -0.05) is 0 Å². The molecule has 0 aliphatic rings. The molecule has 4 nitrogen and oxygen atoms in total. The molecule has 1 rings (SSSR count).